The molecule has 11 heavy (non-hydrogen) atoms. The molecule has 0 fully saturated rings. The molecule has 0 radical (unpaired) electrons. The molecule has 0 spiro atoms. The normalized spacial score (nSPS) is 13.5. The maximum atomic E-state index is 10.4. The molecule has 0 aliphatic heterocycles. The van der Waals surface area contributed by atoms with Crippen molar-refractivity contribution in [3.63, 3.8) is 0 Å². The molecule has 4 heteroatoms. The molecule has 66 valence electrons. The molecule has 4 nitrogen and oxygen atoms in total. The molecule has 0 rings (SSSR count). The SMILES string of the molecule is CC(C)C(OCCO)C(=O)O. The second kappa shape index (κ2) is 5.09. The number of hydrogen-bond acceptors (Lipinski definition) is 3. The van der Waals surface area contributed by atoms with Crippen molar-refractivity contribution in [2.45, 2.75) is 20.0 Å². The van der Waals surface area contributed by atoms with Gasteiger partial charge in [0.25, 0.3) is 0 Å². The fraction of sp³-hybridized carbons (Fsp3) is 0.857. The number of ether oxygens (including phenoxy) is 1. The van der Waals surface area contributed by atoms with Crippen LogP contribution in [-0.2, 0) is 9.53 Å². The largest absolute Gasteiger partial charge is 0.479 e. The summed E-state index contributed by atoms with van der Waals surface area (Å²) in [4.78, 5) is 10.4. The van der Waals surface area contributed by atoms with Crippen molar-refractivity contribution in [3.8, 4) is 0 Å². The summed E-state index contributed by atoms with van der Waals surface area (Å²) in [5.41, 5.74) is 0. The van der Waals surface area contributed by atoms with Crippen molar-refractivity contribution in [1.82, 2.24) is 0 Å². The van der Waals surface area contributed by atoms with Crippen LogP contribution in [0.2, 0.25) is 0 Å². The Balaban J connectivity index is 3.80. The first-order valence-electron chi connectivity index (χ1n) is 3.55. The van der Waals surface area contributed by atoms with E-state index >= 15 is 0 Å². The van der Waals surface area contributed by atoms with Crippen molar-refractivity contribution in [2.24, 2.45) is 5.92 Å². The molecule has 2 N–H and O–H groups in total. The fourth-order valence-corrected chi connectivity index (χ4v) is 0.729. The van der Waals surface area contributed by atoms with E-state index < -0.39 is 12.1 Å². The molecule has 0 saturated carbocycles. The second-order valence-corrected chi connectivity index (χ2v) is 2.60. The smallest absolute Gasteiger partial charge is 0.333 e. The summed E-state index contributed by atoms with van der Waals surface area (Å²) in [6, 6.07) is 0. The number of carbonyl (C=O) groups is 1. The summed E-state index contributed by atoms with van der Waals surface area (Å²) in [5, 5.41) is 16.9. The van der Waals surface area contributed by atoms with Gasteiger partial charge < -0.3 is 14.9 Å². The Labute approximate surface area is 65.8 Å². The van der Waals surface area contributed by atoms with Crippen molar-refractivity contribution in [3.05, 3.63) is 0 Å². The van der Waals surface area contributed by atoms with E-state index in [-0.39, 0.29) is 19.1 Å². The van der Waals surface area contributed by atoms with Gasteiger partial charge in [-0.05, 0) is 5.92 Å². The summed E-state index contributed by atoms with van der Waals surface area (Å²) in [5.74, 6) is -1.05. The summed E-state index contributed by atoms with van der Waals surface area (Å²) < 4.78 is 4.86. The zero-order valence-corrected chi connectivity index (χ0v) is 6.78. The standard InChI is InChI=1S/C7H14O4/c1-5(2)6(7(9)10)11-4-3-8/h5-6,8H,3-4H2,1-2H3,(H,9,10). The lowest BCUT2D eigenvalue weighted by atomic mass is 10.1. The van der Waals surface area contributed by atoms with Gasteiger partial charge in [0, 0.05) is 0 Å². The van der Waals surface area contributed by atoms with Crippen molar-refractivity contribution in [1.29, 1.82) is 0 Å². The molecule has 0 aromatic heterocycles. The van der Waals surface area contributed by atoms with Crippen LogP contribution in [0.5, 0.6) is 0 Å². The van der Waals surface area contributed by atoms with E-state index in [0.29, 0.717) is 0 Å². The average Bonchev–Trinajstić information content (AvgIpc) is 1.87. The zero-order valence-electron chi connectivity index (χ0n) is 6.78. The Bertz CT molecular complexity index is 122. The first-order chi connectivity index (χ1) is 5.09. The van der Waals surface area contributed by atoms with E-state index in [1.54, 1.807) is 13.8 Å². The highest BCUT2D eigenvalue weighted by atomic mass is 16.5. The zero-order chi connectivity index (χ0) is 8.85. The van der Waals surface area contributed by atoms with Gasteiger partial charge in [-0.3, -0.25) is 0 Å². The predicted octanol–water partition coefficient (Wildman–Crippen LogP) is 0.104. The van der Waals surface area contributed by atoms with E-state index in [9.17, 15) is 4.79 Å². The van der Waals surface area contributed by atoms with Gasteiger partial charge in [0.1, 0.15) is 0 Å². The number of aliphatic hydroxyl groups excluding tert-OH is 1. The lowest BCUT2D eigenvalue weighted by molar-refractivity contribution is -0.154. The number of aliphatic hydroxyl groups is 1. The second-order valence-electron chi connectivity index (χ2n) is 2.60. The van der Waals surface area contributed by atoms with Gasteiger partial charge >= 0.3 is 5.97 Å². The third-order valence-electron chi connectivity index (χ3n) is 1.24. The van der Waals surface area contributed by atoms with Crippen molar-refractivity contribution in [2.75, 3.05) is 13.2 Å². The Hall–Kier alpha value is -0.610. The van der Waals surface area contributed by atoms with Crippen LogP contribution >= 0.6 is 0 Å². The maximum absolute atomic E-state index is 10.4. The Morgan fingerprint density at radius 1 is 1.55 bits per heavy atom. The summed E-state index contributed by atoms with van der Waals surface area (Å²) >= 11 is 0. The average molecular weight is 162 g/mol. The highest BCUT2D eigenvalue weighted by Gasteiger charge is 2.21. The van der Waals surface area contributed by atoms with Gasteiger partial charge in [-0.1, -0.05) is 13.8 Å². The Morgan fingerprint density at radius 2 is 2.09 bits per heavy atom. The first kappa shape index (κ1) is 10.4. The minimum atomic E-state index is -0.978. The number of hydrogen-bond donors (Lipinski definition) is 2. The fourth-order valence-electron chi connectivity index (χ4n) is 0.729. The number of carboxylic acid groups (broad SMARTS) is 1. The van der Waals surface area contributed by atoms with Gasteiger partial charge in [0.2, 0.25) is 0 Å². The third-order valence-corrected chi connectivity index (χ3v) is 1.24. The van der Waals surface area contributed by atoms with Crippen LogP contribution in [0.25, 0.3) is 0 Å². The van der Waals surface area contributed by atoms with Crippen LogP contribution in [0.15, 0.2) is 0 Å². The number of rotatable bonds is 5. The van der Waals surface area contributed by atoms with Gasteiger partial charge in [0.05, 0.1) is 13.2 Å². The highest BCUT2D eigenvalue weighted by Crippen LogP contribution is 2.05. The lowest BCUT2D eigenvalue weighted by Gasteiger charge is -2.15. The highest BCUT2D eigenvalue weighted by molar-refractivity contribution is 5.72. The Morgan fingerprint density at radius 3 is 2.36 bits per heavy atom. The molecule has 0 bridgehead atoms. The van der Waals surface area contributed by atoms with E-state index in [0.717, 1.165) is 0 Å². The first-order valence-corrected chi connectivity index (χ1v) is 3.55. The van der Waals surface area contributed by atoms with Crippen LogP contribution < -0.4 is 0 Å². The van der Waals surface area contributed by atoms with E-state index in [1.807, 2.05) is 0 Å². The van der Waals surface area contributed by atoms with Crippen molar-refractivity contribution < 1.29 is 19.7 Å². The quantitative estimate of drug-likeness (QED) is 0.602. The van der Waals surface area contributed by atoms with Crippen LogP contribution in [-0.4, -0.2) is 35.5 Å². The van der Waals surface area contributed by atoms with E-state index in [2.05, 4.69) is 0 Å². The third kappa shape index (κ3) is 3.95. The van der Waals surface area contributed by atoms with Gasteiger partial charge in [-0.25, -0.2) is 4.79 Å². The summed E-state index contributed by atoms with van der Waals surface area (Å²) in [7, 11) is 0. The summed E-state index contributed by atoms with van der Waals surface area (Å²) in [6.45, 7) is 3.46. The topological polar surface area (TPSA) is 66.8 Å². The Kier molecular flexibility index (Phi) is 4.81. The number of aliphatic carboxylic acids is 1. The predicted molar refractivity (Wildman–Crippen MR) is 39.3 cm³/mol. The van der Waals surface area contributed by atoms with Crippen LogP contribution in [0.1, 0.15) is 13.8 Å². The van der Waals surface area contributed by atoms with E-state index in [1.165, 1.54) is 0 Å². The molecule has 0 aliphatic rings. The minimum absolute atomic E-state index is 0.0703. The molecule has 0 amide bonds. The molecular formula is C7H14O4. The van der Waals surface area contributed by atoms with Crippen LogP contribution in [0.4, 0.5) is 0 Å². The minimum Gasteiger partial charge on any atom is -0.479 e. The molecule has 1 atom stereocenters. The van der Waals surface area contributed by atoms with E-state index in [4.69, 9.17) is 14.9 Å². The molecule has 0 aromatic carbocycles. The lowest BCUT2D eigenvalue weighted by Crippen LogP contribution is -2.30. The van der Waals surface area contributed by atoms with Crippen molar-refractivity contribution >= 4 is 5.97 Å². The molecule has 1 unspecified atom stereocenters. The molecule has 0 saturated heterocycles. The number of carboxylic acids is 1. The van der Waals surface area contributed by atoms with Crippen LogP contribution in [0, 0.1) is 5.92 Å². The van der Waals surface area contributed by atoms with Crippen LogP contribution in [0.3, 0.4) is 0 Å². The summed E-state index contributed by atoms with van der Waals surface area (Å²) in [6.07, 6.45) is -0.804. The maximum Gasteiger partial charge on any atom is 0.333 e. The van der Waals surface area contributed by atoms with Gasteiger partial charge in [-0.15, -0.1) is 0 Å². The molecule has 0 aliphatic carbocycles. The van der Waals surface area contributed by atoms with Gasteiger partial charge in [-0.2, -0.15) is 0 Å². The molecule has 0 aromatic rings. The molecular weight excluding hydrogens is 148 g/mol. The molecule has 0 heterocycles. The van der Waals surface area contributed by atoms with Gasteiger partial charge in [0.15, 0.2) is 6.10 Å². The monoisotopic (exact) mass is 162 g/mol.